The monoisotopic (exact) mass is 545 g/mol. The van der Waals surface area contributed by atoms with Gasteiger partial charge in [0.15, 0.2) is 5.60 Å². The van der Waals surface area contributed by atoms with Crippen molar-refractivity contribution in [3.63, 3.8) is 0 Å². The second-order valence-corrected chi connectivity index (χ2v) is 15.7. The predicted octanol–water partition coefficient (Wildman–Crippen LogP) is 4.08. The van der Waals surface area contributed by atoms with Gasteiger partial charge in [0.1, 0.15) is 0 Å². The van der Waals surface area contributed by atoms with Crippen molar-refractivity contribution in [2.75, 3.05) is 29.9 Å². The molecule has 4 aliphatic heterocycles. The number of carbonyl (C=O) groups is 3. The Labute approximate surface area is 225 Å². The van der Waals surface area contributed by atoms with E-state index in [9.17, 15) is 19.5 Å². The van der Waals surface area contributed by atoms with Crippen molar-refractivity contribution in [2.24, 2.45) is 5.92 Å². The fraction of sp³-hybridized carbons (Fsp3) is 0.679. The number of rotatable bonds is 5. The van der Waals surface area contributed by atoms with Gasteiger partial charge in [-0.3, -0.25) is 14.4 Å². The second-order valence-electron chi connectivity index (χ2n) is 11.9. The van der Waals surface area contributed by atoms with E-state index in [-0.39, 0.29) is 36.8 Å². The third-order valence-electron chi connectivity index (χ3n) is 9.12. The van der Waals surface area contributed by atoms with Gasteiger partial charge in [0.25, 0.3) is 5.91 Å². The number of likely N-dealkylation sites (tertiary alicyclic amines) is 1. The van der Waals surface area contributed by atoms with Crippen LogP contribution in [0.4, 0.5) is 15.5 Å². The van der Waals surface area contributed by atoms with Crippen LogP contribution < -0.4 is 10.2 Å². The first-order chi connectivity index (χ1) is 18.1. The Morgan fingerprint density at radius 3 is 2.68 bits per heavy atom. The third kappa shape index (κ3) is 4.58. The summed E-state index contributed by atoms with van der Waals surface area (Å²) in [5.74, 6) is -0.945. The molecule has 3 saturated heterocycles. The molecule has 0 bridgehead atoms. The molecule has 10 heteroatoms. The number of hydrogen-bond donors (Lipinski definition) is 2. The first-order valence-electron chi connectivity index (χ1n) is 14.1. The summed E-state index contributed by atoms with van der Waals surface area (Å²) in [6, 6.07) is 5.30. The van der Waals surface area contributed by atoms with Gasteiger partial charge >= 0.3 is 0 Å². The normalized spacial score (nSPS) is 31.9. The zero-order chi connectivity index (χ0) is 27.2. The van der Waals surface area contributed by atoms with Gasteiger partial charge < -0.3 is 29.1 Å². The molecule has 0 aliphatic carbocycles. The maximum atomic E-state index is 15.9. The van der Waals surface area contributed by atoms with Crippen LogP contribution in [0.1, 0.15) is 63.9 Å². The van der Waals surface area contributed by atoms with Crippen LogP contribution in [-0.4, -0.2) is 68.0 Å². The van der Waals surface area contributed by atoms with E-state index in [0.29, 0.717) is 30.8 Å². The highest BCUT2D eigenvalue weighted by molar-refractivity contribution is 6.72. The van der Waals surface area contributed by atoms with Gasteiger partial charge in [-0.2, -0.15) is 0 Å². The fourth-order valence-electron chi connectivity index (χ4n) is 7.30. The lowest BCUT2D eigenvalue weighted by molar-refractivity contribution is -0.148. The molecule has 5 atom stereocenters. The van der Waals surface area contributed by atoms with Gasteiger partial charge in [-0.15, -0.1) is 0 Å². The lowest BCUT2D eigenvalue weighted by atomic mass is 9.82. The summed E-state index contributed by atoms with van der Waals surface area (Å²) in [7, 11) is -3.39. The number of ether oxygens (including phenoxy) is 1. The number of amides is 3. The topological polar surface area (TPSA) is 99.2 Å². The average molecular weight is 546 g/mol. The minimum Gasteiger partial charge on any atom is -0.394 e. The average Bonchev–Trinajstić information content (AvgIpc) is 3.52. The van der Waals surface area contributed by atoms with Gasteiger partial charge in [0.05, 0.1) is 25.2 Å². The van der Waals surface area contributed by atoms with Crippen LogP contribution in [0.25, 0.3) is 0 Å². The summed E-state index contributed by atoms with van der Waals surface area (Å²) >= 11 is 0. The highest BCUT2D eigenvalue weighted by Crippen LogP contribution is 2.59. The summed E-state index contributed by atoms with van der Waals surface area (Å²) in [5, 5.41) is 12.6. The minimum atomic E-state index is -3.39. The SMILES string of the molecule is C[C@H]1[C@H]([Si](C)(C)F)[C@@H](CC(=O)N2CCC[C@H]2CO)O[C@]12C(=O)Nc1ccc(N3CCCCCCC3=O)cc12. The molecular weight excluding hydrogens is 505 g/mol. The highest BCUT2D eigenvalue weighted by atomic mass is 28.4. The lowest BCUT2D eigenvalue weighted by Crippen LogP contribution is -2.42. The van der Waals surface area contributed by atoms with Crippen molar-refractivity contribution < 1.29 is 28.3 Å². The minimum absolute atomic E-state index is 0.0273. The Balaban J connectivity index is 1.50. The van der Waals surface area contributed by atoms with E-state index in [2.05, 4.69) is 5.32 Å². The van der Waals surface area contributed by atoms with Crippen LogP contribution >= 0.6 is 0 Å². The molecule has 0 unspecified atom stereocenters. The Morgan fingerprint density at radius 1 is 1.18 bits per heavy atom. The molecule has 1 aromatic rings. The molecule has 4 heterocycles. The molecule has 0 radical (unpaired) electrons. The number of carbonyl (C=O) groups excluding carboxylic acids is 3. The molecule has 8 nitrogen and oxygen atoms in total. The Morgan fingerprint density at radius 2 is 1.95 bits per heavy atom. The molecule has 5 rings (SSSR count). The first-order valence-corrected chi connectivity index (χ1v) is 17.1. The highest BCUT2D eigenvalue weighted by Gasteiger charge is 2.65. The van der Waals surface area contributed by atoms with Crippen molar-refractivity contribution in [2.45, 2.75) is 94.7 Å². The van der Waals surface area contributed by atoms with E-state index in [1.807, 2.05) is 19.1 Å². The molecule has 2 N–H and O–H groups in total. The molecule has 3 fully saturated rings. The molecule has 38 heavy (non-hydrogen) atoms. The van der Waals surface area contributed by atoms with E-state index >= 15 is 4.11 Å². The van der Waals surface area contributed by atoms with Crippen LogP contribution in [0, 0.1) is 5.92 Å². The van der Waals surface area contributed by atoms with Crippen molar-refractivity contribution >= 4 is 37.5 Å². The molecule has 1 spiro atoms. The van der Waals surface area contributed by atoms with E-state index in [4.69, 9.17) is 4.74 Å². The quantitative estimate of drug-likeness (QED) is 0.429. The van der Waals surface area contributed by atoms with Crippen LogP contribution in [0.3, 0.4) is 0 Å². The number of aliphatic hydroxyl groups excluding tert-OH is 1. The molecule has 208 valence electrons. The zero-order valence-corrected chi connectivity index (χ0v) is 23.7. The molecule has 3 amide bonds. The fourth-order valence-corrected chi connectivity index (χ4v) is 9.79. The Kier molecular flexibility index (Phi) is 7.43. The van der Waals surface area contributed by atoms with Gasteiger partial charge in [0, 0.05) is 47.9 Å². The van der Waals surface area contributed by atoms with Crippen LogP contribution in [0.5, 0.6) is 0 Å². The molecule has 1 aromatic carbocycles. The van der Waals surface area contributed by atoms with Crippen LogP contribution in [0.2, 0.25) is 18.6 Å². The Bertz CT molecular complexity index is 1110. The summed E-state index contributed by atoms with van der Waals surface area (Å²) in [5.41, 5.74) is -0.0582. The maximum absolute atomic E-state index is 15.9. The van der Waals surface area contributed by atoms with Gasteiger partial charge in [0.2, 0.25) is 20.2 Å². The maximum Gasteiger partial charge on any atom is 0.261 e. The summed E-state index contributed by atoms with van der Waals surface area (Å²) < 4.78 is 22.5. The summed E-state index contributed by atoms with van der Waals surface area (Å²) in [6.07, 6.45) is 5.18. The molecule has 0 aromatic heterocycles. The number of nitrogens with one attached hydrogen (secondary N) is 1. The zero-order valence-electron chi connectivity index (χ0n) is 22.7. The number of benzene rings is 1. The number of anilines is 2. The second kappa shape index (κ2) is 10.4. The summed E-state index contributed by atoms with van der Waals surface area (Å²) in [4.78, 5) is 43.4. The van der Waals surface area contributed by atoms with Crippen molar-refractivity contribution in [3.05, 3.63) is 23.8 Å². The largest absolute Gasteiger partial charge is 0.394 e. The van der Waals surface area contributed by atoms with E-state index < -0.39 is 31.6 Å². The predicted molar refractivity (Wildman–Crippen MR) is 145 cm³/mol. The van der Waals surface area contributed by atoms with Gasteiger partial charge in [-0.05, 0) is 57.0 Å². The molecule has 0 saturated carbocycles. The van der Waals surface area contributed by atoms with E-state index in [0.717, 1.165) is 44.2 Å². The first kappa shape index (κ1) is 27.3. The van der Waals surface area contributed by atoms with Crippen LogP contribution in [-0.2, 0) is 24.7 Å². The van der Waals surface area contributed by atoms with Gasteiger partial charge in [-0.25, -0.2) is 0 Å². The van der Waals surface area contributed by atoms with E-state index in [1.165, 1.54) is 0 Å². The third-order valence-corrected chi connectivity index (χ3v) is 11.6. The molecular formula is C28H40FN3O5Si. The molecule has 4 aliphatic rings. The lowest BCUT2D eigenvalue weighted by Gasteiger charge is -2.31. The van der Waals surface area contributed by atoms with Crippen molar-refractivity contribution in [3.8, 4) is 0 Å². The van der Waals surface area contributed by atoms with Crippen molar-refractivity contribution in [1.29, 1.82) is 0 Å². The number of hydrogen-bond acceptors (Lipinski definition) is 5. The van der Waals surface area contributed by atoms with Gasteiger partial charge in [-0.1, -0.05) is 19.8 Å². The smallest absolute Gasteiger partial charge is 0.261 e. The number of nitrogens with zero attached hydrogens (tertiary/aromatic N) is 2. The standard InChI is InChI=1S/C28H40FN3O5Si/c1-18-26(38(2,3)29)23(16-25(35)32-14-8-9-20(32)17-33)37-28(18)21-15-19(11-12-22(21)30-27(28)36)31-13-7-5-4-6-10-24(31)34/h11-12,15,18,20,23,26,33H,4-10,13-14,16-17H2,1-3H3,(H,30,36)/t18-,20-,23+,26-,28+/m0/s1. The number of aliphatic hydroxyl groups is 1. The number of halogens is 1. The Hall–Kier alpha value is -2.30. The van der Waals surface area contributed by atoms with Crippen LogP contribution in [0.15, 0.2) is 18.2 Å². The number of fused-ring (bicyclic) bond motifs is 2. The van der Waals surface area contributed by atoms with E-state index in [1.54, 1.807) is 29.0 Å². The summed E-state index contributed by atoms with van der Waals surface area (Å²) in [6.45, 7) is 6.17. The van der Waals surface area contributed by atoms with Crippen molar-refractivity contribution in [1.82, 2.24) is 4.90 Å².